The second-order valence-electron chi connectivity index (χ2n) is 7.94. The molecule has 8 heteroatoms. The van der Waals surface area contributed by atoms with Crippen molar-refractivity contribution in [1.29, 1.82) is 0 Å². The number of benzene rings is 1. The van der Waals surface area contributed by atoms with Crippen molar-refractivity contribution in [2.45, 2.75) is 51.2 Å². The number of halogens is 1. The number of hydrogen-bond donors (Lipinski definition) is 3. The van der Waals surface area contributed by atoms with E-state index in [1.54, 1.807) is 7.05 Å². The Bertz CT molecular complexity index is 661. The van der Waals surface area contributed by atoms with Gasteiger partial charge in [-0.15, -0.1) is 24.0 Å². The van der Waals surface area contributed by atoms with Crippen molar-refractivity contribution < 1.29 is 9.53 Å². The van der Waals surface area contributed by atoms with Gasteiger partial charge < -0.3 is 20.7 Å². The number of hydrogen-bond acceptors (Lipinski definition) is 4. The van der Waals surface area contributed by atoms with Crippen LogP contribution in [-0.2, 0) is 11.3 Å². The molecule has 1 atom stereocenters. The quantitative estimate of drug-likeness (QED) is 0.274. The number of rotatable bonds is 8. The Morgan fingerprint density at radius 3 is 2.50 bits per heavy atom. The molecule has 2 aliphatic rings. The van der Waals surface area contributed by atoms with Crippen molar-refractivity contribution in [3.63, 3.8) is 0 Å². The number of aliphatic imine (C=N–C) groups is 1. The maximum atomic E-state index is 11.8. The van der Waals surface area contributed by atoms with E-state index in [9.17, 15) is 4.79 Å². The fourth-order valence-electron chi connectivity index (χ4n) is 3.83. The molecule has 1 aromatic rings. The molecule has 1 saturated heterocycles. The summed E-state index contributed by atoms with van der Waals surface area (Å²) in [5.41, 5.74) is 1.37. The molecule has 1 heterocycles. The van der Waals surface area contributed by atoms with Crippen LogP contribution in [0.15, 0.2) is 35.3 Å². The molecular formula is C22H36IN5O2. The van der Waals surface area contributed by atoms with Gasteiger partial charge in [-0.1, -0.05) is 30.3 Å². The Hall–Kier alpha value is -1.55. The highest BCUT2D eigenvalue weighted by atomic mass is 127. The summed E-state index contributed by atoms with van der Waals surface area (Å²) in [6.07, 6.45) is 4.18. The smallest absolute Gasteiger partial charge is 0.407 e. The van der Waals surface area contributed by atoms with Crippen molar-refractivity contribution in [3.05, 3.63) is 35.9 Å². The average Bonchev–Trinajstić information content (AvgIpc) is 3.57. The van der Waals surface area contributed by atoms with Gasteiger partial charge in [-0.3, -0.25) is 9.89 Å². The molecule has 1 saturated carbocycles. The lowest BCUT2D eigenvalue weighted by Crippen LogP contribution is -2.52. The summed E-state index contributed by atoms with van der Waals surface area (Å²) in [7, 11) is 1.80. The monoisotopic (exact) mass is 529 g/mol. The third-order valence-corrected chi connectivity index (χ3v) is 5.66. The lowest BCUT2D eigenvalue weighted by atomic mass is 10.0. The normalized spacial score (nSPS) is 18.8. The summed E-state index contributed by atoms with van der Waals surface area (Å²) in [5, 5.41) is 9.92. The Balaban J connectivity index is 0.00000320. The van der Waals surface area contributed by atoms with E-state index in [0.717, 1.165) is 51.3 Å². The summed E-state index contributed by atoms with van der Waals surface area (Å²) in [4.78, 5) is 18.6. The molecule has 1 amide bonds. The van der Waals surface area contributed by atoms with Gasteiger partial charge in [-0.05, 0) is 44.1 Å². The molecule has 168 valence electrons. The van der Waals surface area contributed by atoms with E-state index in [4.69, 9.17) is 4.74 Å². The highest BCUT2D eigenvalue weighted by molar-refractivity contribution is 14.0. The lowest BCUT2D eigenvalue weighted by Gasteiger charge is -2.33. The Morgan fingerprint density at radius 2 is 1.90 bits per heavy atom. The van der Waals surface area contributed by atoms with Crippen LogP contribution in [0.3, 0.4) is 0 Å². The SMILES string of the molecule is CCOC(=O)NC(CNC(=NC)NC1CCN(Cc2ccccc2)CC1)C1CC1.I. The van der Waals surface area contributed by atoms with Gasteiger partial charge in [-0.25, -0.2) is 4.79 Å². The molecule has 30 heavy (non-hydrogen) atoms. The van der Waals surface area contributed by atoms with E-state index >= 15 is 0 Å². The molecule has 3 rings (SSSR count). The molecule has 1 aliphatic carbocycles. The molecule has 0 radical (unpaired) electrons. The standard InChI is InChI=1S/C22H35N5O2.HI/c1-3-29-22(28)26-20(18-9-10-18)15-24-21(23-2)25-19-11-13-27(14-12-19)16-17-7-5-4-6-8-17;/h4-8,18-20H,3,9-16H2,1-2H3,(H,26,28)(H2,23,24,25);1H. The number of carbonyl (C=O) groups excluding carboxylic acids is 1. The Labute approximate surface area is 197 Å². The van der Waals surface area contributed by atoms with Crippen LogP contribution >= 0.6 is 24.0 Å². The summed E-state index contributed by atoms with van der Waals surface area (Å²) in [6.45, 7) is 6.06. The molecule has 2 fully saturated rings. The van der Waals surface area contributed by atoms with Crippen LogP contribution in [0.25, 0.3) is 0 Å². The van der Waals surface area contributed by atoms with Crippen molar-refractivity contribution in [3.8, 4) is 0 Å². The van der Waals surface area contributed by atoms with Gasteiger partial charge in [0, 0.05) is 39.3 Å². The third-order valence-electron chi connectivity index (χ3n) is 5.66. The van der Waals surface area contributed by atoms with E-state index in [1.165, 1.54) is 5.56 Å². The number of likely N-dealkylation sites (tertiary alicyclic amines) is 1. The van der Waals surface area contributed by atoms with Crippen LogP contribution in [0.2, 0.25) is 0 Å². The summed E-state index contributed by atoms with van der Waals surface area (Å²) in [6, 6.07) is 11.2. The van der Waals surface area contributed by atoms with Gasteiger partial charge in [0.2, 0.25) is 0 Å². The van der Waals surface area contributed by atoms with Crippen LogP contribution in [-0.4, -0.2) is 62.3 Å². The fourth-order valence-corrected chi connectivity index (χ4v) is 3.83. The van der Waals surface area contributed by atoms with Crippen molar-refractivity contribution in [2.24, 2.45) is 10.9 Å². The number of guanidine groups is 1. The van der Waals surface area contributed by atoms with E-state index in [2.05, 4.69) is 56.2 Å². The van der Waals surface area contributed by atoms with Gasteiger partial charge in [-0.2, -0.15) is 0 Å². The second kappa shape index (κ2) is 13.0. The Kier molecular flexibility index (Phi) is 10.7. The first-order valence-corrected chi connectivity index (χ1v) is 10.8. The highest BCUT2D eigenvalue weighted by Gasteiger charge is 2.32. The topological polar surface area (TPSA) is 78.0 Å². The first-order valence-electron chi connectivity index (χ1n) is 10.8. The minimum Gasteiger partial charge on any atom is -0.450 e. The maximum absolute atomic E-state index is 11.8. The number of nitrogens with one attached hydrogen (secondary N) is 3. The number of carbonyl (C=O) groups is 1. The molecule has 1 unspecified atom stereocenters. The zero-order chi connectivity index (χ0) is 20.5. The largest absolute Gasteiger partial charge is 0.450 e. The maximum Gasteiger partial charge on any atom is 0.407 e. The number of amides is 1. The highest BCUT2D eigenvalue weighted by Crippen LogP contribution is 2.32. The first-order chi connectivity index (χ1) is 14.2. The third kappa shape index (κ3) is 8.29. The lowest BCUT2D eigenvalue weighted by molar-refractivity contribution is 0.146. The zero-order valence-corrected chi connectivity index (χ0v) is 20.4. The van der Waals surface area contributed by atoms with Crippen molar-refractivity contribution in [1.82, 2.24) is 20.9 Å². The van der Waals surface area contributed by atoms with Gasteiger partial charge in [0.25, 0.3) is 0 Å². The number of nitrogens with zero attached hydrogens (tertiary/aromatic N) is 2. The number of piperidine rings is 1. The summed E-state index contributed by atoms with van der Waals surface area (Å²) >= 11 is 0. The van der Waals surface area contributed by atoms with Crippen LogP contribution in [0.4, 0.5) is 4.79 Å². The van der Waals surface area contributed by atoms with Gasteiger partial charge in [0.1, 0.15) is 0 Å². The van der Waals surface area contributed by atoms with Gasteiger partial charge in [0.15, 0.2) is 5.96 Å². The predicted molar refractivity (Wildman–Crippen MR) is 131 cm³/mol. The zero-order valence-electron chi connectivity index (χ0n) is 18.1. The summed E-state index contributed by atoms with van der Waals surface area (Å²) < 4.78 is 5.03. The number of ether oxygens (including phenoxy) is 1. The first kappa shape index (κ1) is 24.7. The molecule has 1 aliphatic heterocycles. The van der Waals surface area contributed by atoms with Gasteiger partial charge >= 0.3 is 6.09 Å². The minimum atomic E-state index is -0.333. The molecule has 3 N–H and O–H groups in total. The predicted octanol–water partition coefficient (Wildman–Crippen LogP) is 2.96. The van der Waals surface area contributed by atoms with Crippen LogP contribution in [0.1, 0.15) is 38.2 Å². The van der Waals surface area contributed by atoms with Crippen LogP contribution in [0.5, 0.6) is 0 Å². The molecular weight excluding hydrogens is 493 g/mol. The fraction of sp³-hybridized carbons (Fsp3) is 0.636. The van der Waals surface area contributed by atoms with E-state index in [-0.39, 0.29) is 36.1 Å². The van der Waals surface area contributed by atoms with Gasteiger partial charge in [0.05, 0.1) is 12.6 Å². The number of alkyl carbamates (subject to hydrolysis) is 1. The molecule has 0 aromatic heterocycles. The van der Waals surface area contributed by atoms with Crippen LogP contribution in [0, 0.1) is 5.92 Å². The van der Waals surface area contributed by atoms with Crippen molar-refractivity contribution in [2.75, 3.05) is 33.3 Å². The molecule has 1 aromatic carbocycles. The van der Waals surface area contributed by atoms with E-state index < -0.39 is 0 Å². The molecule has 0 bridgehead atoms. The molecule has 7 nitrogen and oxygen atoms in total. The van der Waals surface area contributed by atoms with E-state index in [0.29, 0.717) is 25.1 Å². The average molecular weight is 529 g/mol. The Morgan fingerprint density at radius 1 is 1.20 bits per heavy atom. The summed E-state index contributed by atoms with van der Waals surface area (Å²) in [5.74, 6) is 1.34. The second-order valence-corrected chi connectivity index (χ2v) is 7.94. The van der Waals surface area contributed by atoms with Crippen LogP contribution < -0.4 is 16.0 Å². The van der Waals surface area contributed by atoms with E-state index in [1.807, 2.05) is 6.92 Å². The molecule has 0 spiro atoms. The van der Waals surface area contributed by atoms with Crippen molar-refractivity contribution >= 4 is 36.0 Å². The minimum absolute atomic E-state index is 0.